The number of carbonyl (C=O) groups is 1. The van der Waals surface area contributed by atoms with Crippen LogP contribution in [-0.4, -0.2) is 57.4 Å². The van der Waals surface area contributed by atoms with Gasteiger partial charge in [0, 0.05) is 48.6 Å². The lowest BCUT2D eigenvalue weighted by Gasteiger charge is -2.32. The van der Waals surface area contributed by atoms with Gasteiger partial charge in [0.2, 0.25) is 5.91 Å². The van der Waals surface area contributed by atoms with Gasteiger partial charge in [-0.25, -0.2) is 0 Å². The van der Waals surface area contributed by atoms with Gasteiger partial charge in [-0.2, -0.15) is 4.52 Å². The van der Waals surface area contributed by atoms with Crippen molar-refractivity contribution in [3.05, 3.63) is 84.3 Å². The van der Waals surface area contributed by atoms with Gasteiger partial charge >= 0.3 is 0 Å². The Kier molecular flexibility index (Phi) is 6.18. The molecule has 0 spiro atoms. The van der Waals surface area contributed by atoms with E-state index in [9.17, 15) is 4.79 Å². The third-order valence-corrected chi connectivity index (χ3v) is 7.33. The molecule has 1 aliphatic heterocycles. The molecule has 1 aliphatic rings. The quantitative estimate of drug-likeness (QED) is 0.356. The molecule has 0 bridgehead atoms. The molecule has 3 aromatic heterocycles. The summed E-state index contributed by atoms with van der Waals surface area (Å²) in [6, 6.07) is 20.3. The van der Waals surface area contributed by atoms with E-state index in [-0.39, 0.29) is 17.7 Å². The van der Waals surface area contributed by atoms with Crippen molar-refractivity contribution in [2.75, 3.05) is 31.6 Å². The molecule has 1 amide bonds. The maximum absolute atomic E-state index is 13.3. The van der Waals surface area contributed by atoms with Crippen LogP contribution in [0.5, 0.6) is 5.75 Å². The van der Waals surface area contributed by atoms with Crippen molar-refractivity contribution >= 4 is 28.3 Å². The molecule has 9 heteroatoms. The van der Waals surface area contributed by atoms with Gasteiger partial charge in [0.05, 0.1) is 7.11 Å². The number of nitrogens with one attached hydrogen (secondary N) is 2. The van der Waals surface area contributed by atoms with Gasteiger partial charge < -0.3 is 19.9 Å². The molecule has 1 atom stereocenters. The number of rotatable bonds is 7. The number of fused-ring (bicyclic) bond motifs is 2. The number of amides is 1. The highest BCUT2D eigenvalue weighted by molar-refractivity contribution is 5.84. The Balaban J connectivity index is 1.14. The fraction of sp³-hybridized carbons (Fsp3) is 0.286. The minimum absolute atomic E-state index is 0.0191. The number of benzene rings is 2. The molecule has 37 heavy (non-hydrogen) atoms. The van der Waals surface area contributed by atoms with Crippen LogP contribution in [0.15, 0.2) is 73.2 Å². The number of aromatic amines is 1. The number of methoxy groups -OCH3 is 1. The lowest BCUT2D eigenvalue weighted by Crippen LogP contribution is -2.42. The summed E-state index contributed by atoms with van der Waals surface area (Å²) in [5, 5.41) is 16.9. The third kappa shape index (κ3) is 4.60. The summed E-state index contributed by atoms with van der Waals surface area (Å²) in [6.07, 6.45) is 5.23. The summed E-state index contributed by atoms with van der Waals surface area (Å²) in [7, 11) is 1.67. The molecule has 0 radical (unpaired) electrons. The predicted molar refractivity (Wildman–Crippen MR) is 142 cm³/mol. The van der Waals surface area contributed by atoms with E-state index in [1.54, 1.807) is 18.0 Å². The van der Waals surface area contributed by atoms with E-state index >= 15 is 0 Å². The van der Waals surface area contributed by atoms with Crippen LogP contribution in [0.2, 0.25) is 0 Å². The van der Waals surface area contributed by atoms with Crippen molar-refractivity contribution in [1.82, 2.24) is 30.1 Å². The van der Waals surface area contributed by atoms with Crippen molar-refractivity contribution in [2.45, 2.75) is 18.8 Å². The summed E-state index contributed by atoms with van der Waals surface area (Å²) < 4.78 is 7.03. The molecule has 1 fully saturated rings. The van der Waals surface area contributed by atoms with Gasteiger partial charge in [-0.3, -0.25) is 4.79 Å². The first-order valence-corrected chi connectivity index (χ1v) is 12.6. The topological polar surface area (TPSA) is 100 Å². The van der Waals surface area contributed by atoms with Crippen molar-refractivity contribution in [1.29, 1.82) is 0 Å². The number of nitrogens with zero attached hydrogens (tertiary/aromatic N) is 5. The highest BCUT2D eigenvalue weighted by Gasteiger charge is 2.27. The van der Waals surface area contributed by atoms with Gasteiger partial charge in [0.25, 0.3) is 0 Å². The summed E-state index contributed by atoms with van der Waals surface area (Å²) in [5.74, 6) is 1.81. The molecule has 2 N–H and O–H groups in total. The first kappa shape index (κ1) is 23.0. The van der Waals surface area contributed by atoms with Crippen LogP contribution in [0.3, 0.4) is 0 Å². The third-order valence-electron chi connectivity index (χ3n) is 7.33. The number of ether oxygens (including phenoxy) is 1. The van der Waals surface area contributed by atoms with Crippen LogP contribution in [0, 0.1) is 5.92 Å². The molecule has 6 rings (SSSR count). The zero-order chi connectivity index (χ0) is 25.2. The van der Waals surface area contributed by atoms with E-state index < -0.39 is 0 Å². The molecule has 0 aliphatic carbocycles. The largest absolute Gasteiger partial charge is 0.497 e. The maximum atomic E-state index is 13.3. The minimum atomic E-state index is -0.0191. The van der Waals surface area contributed by atoms with Crippen molar-refractivity contribution in [3.8, 4) is 5.75 Å². The number of carbonyl (C=O) groups excluding carboxylic acids is 1. The summed E-state index contributed by atoms with van der Waals surface area (Å²) in [5.41, 5.74) is 4.12. The number of hydrogen-bond donors (Lipinski definition) is 2. The van der Waals surface area contributed by atoms with E-state index in [2.05, 4.69) is 61.0 Å². The second-order valence-corrected chi connectivity index (χ2v) is 9.45. The lowest BCUT2D eigenvalue weighted by molar-refractivity contribution is -0.125. The van der Waals surface area contributed by atoms with Gasteiger partial charge in [0.1, 0.15) is 17.9 Å². The first-order valence-electron chi connectivity index (χ1n) is 12.6. The lowest BCUT2D eigenvalue weighted by atomic mass is 9.90. The number of piperidine rings is 1. The van der Waals surface area contributed by atoms with Gasteiger partial charge in [-0.15, -0.1) is 15.3 Å². The van der Waals surface area contributed by atoms with Crippen LogP contribution in [-0.2, 0) is 4.79 Å². The van der Waals surface area contributed by atoms with Crippen LogP contribution in [0.4, 0.5) is 5.82 Å². The Labute approximate surface area is 214 Å². The standard InChI is InChI=1S/C28H29N7O2/c1-37-21-8-6-19(7-9-21)23(24-17-29-25-5-3-2-4-22(24)25)16-30-28(36)20-12-14-34(15-13-20)27-11-10-26-32-31-18-35(26)33-27/h2-11,17-18,20,23,29H,12-16H2,1H3,(H,30,36). The summed E-state index contributed by atoms with van der Waals surface area (Å²) >= 11 is 0. The molecule has 4 heterocycles. The van der Waals surface area contributed by atoms with Gasteiger partial charge in [0.15, 0.2) is 5.65 Å². The van der Waals surface area contributed by atoms with Crippen molar-refractivity contribution in [3.63, 3.8) is 0 Å². The Morgan fingerprint density at radius 3 is 2.73 bits per heavy atom. The van der Waals surface area contributed by atoms with Crippen molar-refractivity contribution < 1.29 is 9.53 Å². The average Bonchev–Trinajstić information content (AvgIpc) is 3.60. The van der Waals surface area contributed by atoms with Crippen molar-refractivity contribution in [2.24, 2.45) is 5.92 Å². The van der Waals surface area contributed by atoms with Crippen LogP contribution >= 0.6 is 0 Å². The molecule has 1 saturated heterocycles. The zero-order valence-electron chi connectivity index (χ0n) is 20.7. The molecule has 188 valence electrons. The Morgan fingerprint density at radius 2 is 1.92 bits per heavy atom. The summed E-state index contributed by atoms with van der Waals surface area (Å²) in [4.78, 5) is 18.9. The molecular weight excluding hydrogens is 466 g/mol. The van der Waals surface area contributed by atoms with E-state index in [0.717, 1.165) is 54.2 Å². The van der Waals surface area contributed by atoms with Crippen LogP contribution in [0.1, 0.15) is 29.9 Å². The number of para-hydroxylation sites is 1. The van der Waals surface area contributed by atoms with E-state index in [1.807, 2.05) is 36.4 Å². The molecule has 2 aromatic carbocycles. The SMILES string of the molecule is COc1ccc(C(CNC(=O)C2CCN(c3ccc4nncn4n3)CC2)c2c[nH]c3ccccc23)cc1. The fourth-order valence-corrected chi connectivity index (χ4v) is 5.23. The van der Waals surface area contributed by atoms with Gasteiger partial charge in [-0.05, 0) is 54.3 Å². The minimum Gasteiger partial charge on any atom is -0.497 e. The van der Waals surface area contributed by atoms with E-state index in [4.69, 9.17) is 4.74 Å². The molecule has 0 saturated carbocycles. The normalized spacial score (nSPS) is 15.2. The highest BCUT2D eigenvalue weighted by atomic mass is 16.5. The number of aromatic nitrogens is 5. The highest BCUT2D eigenvalue weighted by Crippen LogP contribution is 2.32. The first-order chi connectivity index (χ1) is 18.2. The smallest absolute Gasteiger partial charge is 0.223 e. The monoisotopic (exact) mass is 495 g/mol. The van der Waals surface area contributed by atoms with E-state index in [0.29, 0.717) is 6.54 Å². The molecule has 5 aromatic rings. The molecule has 1 unspecified atom stereocenters. The predicted octanol–water partition coefficient (Wildman–Crippen LogP) is 3.78. The van der Waals surface area contributed by atoms with Crippen LogP contribution in [0.25, 0.3) is 16.6 Å². The summed E-state index contributed by atoms with van der Waals surface area (Å²) in [6.45, 7) is 2.09. The number of hydrogen-bond acceptors (Lipinski definition) is 6. The second-order valence-electron chi connectivity index (χ2n) is 9.45. The Morgan fingerprint density at radius 1 is 1.11 bits per heavy atom. The van der Waals surface area contributed by atoms with Crippen LogP contribution < -0.4 is 15.0 Å². The Hall–Kier alpha value is -4.40. The fourth-order valence-electron chi connectivity index (χ4n) is 5.23. The molecular formula is C28H29N7O2. The maximum Gasteiger partial charge on any atom is 0.223 e. The van der Waals surface area contributed by atoms with E-state index in [1.165, 1.54) is 10.9 Å². The molecule has 9 nitrogen and oxygen atoms in total. The Bertz CT molecular complexity index is 1520. The van der Waals surface area contributed by atoms with Gasteiger partial charge in [-0.1, -0.05) is 30.3 Å². The number of anilines is 1. The average molecular weight is 496 g/mol. The zero-order valence-corrected chi connectivity index (χ0v) is 20.7. The second kappa shape index (κ2) is 9.93. The number of H-pyrrole nitrogens is 1.